The molecule has 2 heterocycles. The highest BCUT2D eigenvalue weighted by Crippen LogP contribution is 2.28. The molecule has 2 aliphatic heterocycles. The summed E-state index contributed by atoms with van der Waals surface area (Å²) >= 11 is 0. The average Bonchev–Trinajstić information content (AvgIpc) is 3.05. The largest absolute Gasteiger partial charge is 0.497 e. The predicted octanol–water partition coefficient (Wildman–Crippen LogP) is 1.99. The Labute approximate surface area is 159 Å². The number of ether oxygens (including phenoxy) is 2. The number of carboxylic acid groups (broad SMARTS) is 1. The van der Waals surface area contributed by atoms with Crippen molar-refractivity contribution < 1.29 is 24.2 Å². The molecule has 0 aromatic heterocycles. The van der Waals surface area contributed by atoms with Crippen LogP contribution in [0.2, 0.25) is 0 Å². The fourth-order valence-electron chi connectivity index (χ4n) is 3.69. The van der Waals surface area contributed by atoms with Crippen molar-refractivity contribution in [2.24, 2.45) is 5.92 Å². The zero-order valence-electron chi connectivity index (χ0n) is 15.9. The topological polar surface area (TPSA) is 79.3 Å². The Balaban J connectivity index is 1.63. The van der Waals surface area contributed by atoms with Gasteiger partial charge >= 0.3 is 5.97 Å². The third kappa shape index (κ3) is 5.13. The van der Waals surface area contributed by atoms with E-state index in [0.717, 1.165) is 25.2 Å². The highest BCUT2D eigenvalue weighted by Gasteiger charge is 2.34. The second kappa shape index (κ2) is 9.08. The van der Waals surface area contributed by atoms with Crippen molar-refractivity contribution >= 4 is 11.9 Å². The van der Waals surface area contributed by atoms with Gasteiger partial charge in [-0.05, 0) is 38.1 Å². The molecule has 2 saturated heterocycles. The molecule has 7 heteroatoms. The molecule has 0 saturated carbocycles. The molecule has 1 unspecified atom stereocenters. The number of likely N-dealkylation sites (tertiary alicyclic amines) is 2. The van der Waals surface area contributed by atoms with Crippen LogP contribution in [-0.2, 0) is 16.1 Å². The molecule has 7 nitrogen and oxygen atoms in total. The van der Waals surface area contributed by atoms with Gasteiger partial charge in [-0.15, -0.1) is 0 Å². The third-order valence-corrected chi connectivity index (χ3v) is 5.31. The number of benzene rings is 1. The van der Waals surface area contributed by atoms with Gasteiger partial charge in [0.25, 0.3) is 0 Å². The first-order chi connectivity index (χ1) is 13.1. The van der Waals surface area contributed by atoms with Crippen LogP contribution in [0.5, 0.6) is 11.5 Å². The maximum Gasteiger partial charge on any atom is 0.308 e. The summed E-state index contributed by atoms with van der Waals surface area (Å²) in [5.74, 6) is -0.281. The summed E-state index contributed by atoms with van der Waals surface area (Å²) in [6.45, 7) is 4.28. The minimum absolute atomic E-state index is 0.0661. The van der Waals surface area contributed by atoms with Crippen LogP contribution in [0.15, 0.2) is 18.2 Å². The number of carbonyl (C=O) groups is 2. The Bertz CT molecular complexity index is 672. The van der Waals surface area contributed by atoms with Crippen molar-refractivity contribution in [3.8, 4) is 11.5 Å². The molecule has 1 atom stereocenters. The minimum Gasteiger partial charge on any atom is -0.497 e. The lowest BCUT2D eigenvalue weighted by Gasteiger charge is -2.26. The van der Waals surface area contributed by atoms with Crippen LogP contribution in [0.25, 0.3) is 0 Å². The minimum atomic E-state index is -0.918. The van der Waals surface area contributed by atoms with E-state index in [1.807, 2.05) is 18.2 Å². The highest BCUT2D eigenvalue weighted by molar-refractivity contribution is 5.86. The Morgan fingerprint density at radius 2 is 2.04 bits per heavy atom. The number of amides is 1. The molecule has 1 amide bonds. The van der Waals surface area contributed by atoms with E-state index >= 15 is 0 Å². The lowest BCUT2D eigenvalue weighted by atomic mass is 10.1. The number of hydrogen-bond acceptors (Lipinski definition) is 5. The summed E-state index contributed by atoms with van der Waals surface area (Å²) in [5, 5.41) is 9.15. The van der Waals surface area contributed by atoms with Crippen molar-refractivity contribution in [1.29, 1.82) is 0 Å². The Morgan fingerprint density at radius 3 is 2.70 bits per heavy atom. The lowest BCUT2D eigenvalue weighted by molar-refractivity contribution is -0.141. The zero-order chi connectivity index (χ0) is 19.2. The molecule has 2 aliphatic rings. The maximum atomic E-state index is 12.1. The molecular formula is C20H28N2O5. The number of piperidine rings is 1. The molecule has 1 aromatic carbocycles. The van der Waals surface area contributed by atoms with E-state index in [0.29, 0.717) is 24.7 Å². The van der Waals surface area contributed by atoms with Crippen molar-refractivity contribution in [2.75, 3.05) is 39.9 Å². The summed E-state index contributed by atoms with van der Waals surface area (Å²) in [5.41, 5.74) is 0.869. The van der Waals surface area contributed by atoms with Gasteiger partial charge in [0.05, 0.1) is 13.0 Å². The van der Waals surface area contributed by atoms with E-state index < -0.39 is 11.9 Å². The fraction of sp³-hybridized carbons (Fsp3) is 0.600. The molecule has 0 bridgehead atoms. The van der Waals surface area contributed by atoms with Gasteiger partial charge in [-0.3, -0.25) is 14.5 Å². The normalized spacial score (nSPS) is 20.7. The molecule has 1 N–H and O–H groups in total. The third-order valence-electron chi connectivity index (χ3n) is 5.31. The first kappa shape index (κ1) is 19.5. The number of carboxylic acids is 1. The zero-order valence-corrected chi connectivity index (χ0v) is 15.9. The fourth-order valence-corrected chi connectivity index (χ4v) is 3.69. The van der Waals surface area contributed by atoms with Crippen LogP contribution >= 0.6 is 0 Å². The number of nitrogens with zero attached hydrogens (tertiary/aromatic N) is 2. The summed E-state index contributed by atoms with van der Waals surface area (Å²) in [4.78, 5) is 27.3. The Hall–Kier alpha value is -2.28. The van der Waals surface area contributed by atoms with Gasteiger partial charge in [0, 0.05) is 37.7 Å². The standard InChI is InChI=1S/C20H28N2O5/c1-26-17-6-5-15(13-22-14-16(20(24)25)11-19(22)23)18(12-17)27-10-9-21-7-3-2-4-8-21/h5-6,12,16H,2-4,7-11,13-14H2,1H3,(H,24,25). The monoisotopic (exact) mass is 376 g/mol. The van der Waals surface area contributed by atoms with E-state index in [-0.39, 0.29) is 18.9 Å². The Morgan fingerprint density at radius 1 is 1.26 bits per heavy atom. The van der Waals surface area contributed by atoms with E-state index in [2.05, 4.69) is 4.90 Å². The molecule has 1 aromatic rings. The van der Waals surface area contributed by atoms with Gasteiger partial charge in [0.15, 0.2) is 0 Å². The first-order valence-corrected chi connectivity index (χ1v) is 9.59. The molecular weight excluding hydrogens is 348 g/mol. The van der Waals surface area contributed by atoms with Crippen LogP contribution in [0.4, 0.5) is 0 Å². The van der Waals surface area contributed by atoms with E-state index in [1.54, 1.807) is 12.0 Å². The van der Waals surface area contributed by atoms with Crippen LogP contribution < -0.4 is 9.47 Å². The van der Waals surface area contributed by atoms with Gasteiger partial charge in [-0.2, -0.15) is 0 Å². The summed E-state index contributed by atoms with van der Waals surface area (Å²) < 4.78 is 11.3. The average molecular weight is 376 g/mol. The van der Waals surface area contributed by atoms with Gasteiger partial charge in [-0.1, -0.05) is 6.42 Å². The number of hydrogen-bond donors (Lipinski definition) is 1. The molecule has 148 valence electrons. The van der Waals surface area contributed by atoms with E-state index in [9.17, 15) is 9.59 Å². The number of aliphatic carboxylic acids is 1. The molecule has 27 heavy (non-hydrogen) atoms. The number of methoxy groups -OCH3 is 1. The van der Waals surface area contributed by atoms with Crippen LogP contribution in [0.3, 0.4) is 0 Å². The van der Waals surface area contributed by atoms with Crippen molar-refractivity contribution in [2.45, 2.75) is 32.2 Å². The summed E-state index contributed by atoms with van der Waals surface area (Å²) in [6.07, 6.45) is 3.85. The van der Waals surface area contributed by atoms with Crippen LogP contribution in [0.1, 0.15) is 31.2 Å². The predicted molar refractivity (Wildman–Crippen MR) is 99.9 cm³/mol. The van der Waals surface area contributed by atoms with E-state index in [1.165, 1.54) is 19.3 Å². The van der Waals surface area contributed by atoms with Crippen LogP contribution in [-0.4, -0.2) is 66.7 Å². The smallest absolute Gasteiger partial charge is 0.308 e. The van der Waals surface area contributed by atoms with Crippen molar-refractivity contribution in [3.63, 3.8) is 0 Å². The molecule has 0 spiro atoms. The van der Waals surface area contributed by atoms with Crippen molar-refractivity contribution in [1.82, 2.24) is 9.80 Å². The van der Waals surface area contributed by atoms with E-state index in [4.69, 9.17) is 14.6 Å². The van der Waals surface area contributed by atoms with Crippen LogP contribution in [0, 0.1) is 5.92 Å². The second-order valence-corrected chi connectivity index (χ2v) is 7.24. The highest BCUT2D eigenvalue weighted by atomic mass is 16.5. The number of rotatable bonds is 8. The lowest BCUT2D eigenvalue weighted by Crippen LogP contribution is -2.33. The van der Waals surface area contributed by atoms with Gasteiger partial charge in [0.2, 0.25) is 5.91 Å². The van der Waals surface area contributed by atoms with Gasteiger partial charge in [-0.25, -0.2) is 0 Å². The van der Waals surface area contributed by atoms with Crippen molar-refractivity contribution in [3.05, 3.63) is 23.8 Å². The maximum absolute atomic E-state index is 12.1. The SMILES string of the molecule is COc1ccc(CN2CC(C(=O)O)CC2=O)c(OCCN2CCCCC2)c1. The molecule has 0 aliphatic carbocycles. The quantitative estimate of drug-likeness (QED) is 0.748. The van der Waals surface area contributed by atoms with Gasteiger partial charge < -0.3 is 19.5 Å². The Kier molecular flexibility index (Phi) is 6.55. The van der Waals surface area contributed by atoms with Gasteiger partial charge in [0.1, 0.15) is 18.1 Å². The summed E-state index contributed by atoms with van der Waals surface area (Å²) in [7, 11) is 1.61. The number of carbonyl (C=O) groups excluding carboxylic acids is 1. The molecule has 2 fully saturated rings. The molecule has 3 rings (SSSR count). The summed E-state index contributed by atoms with van der Waals surface area (Å²) in [6, 6.07) is 5.55. The second-order valence-electron chi connectivity index (χ2n) is 7.24. The molecule has 0 radical (unpaired) electrons. The first-order valence-electron chi connectivity index (χ1n) is 9.59.